The summed E-state index contributed by atoms with van der Waals surface area (Å²) in [6, 6.07) is 4.25. The molecule has 1 aromatic rings. The summed E-state index contributed by atoms with van der Waals surface area (Å²) in [5.41, 5.74) is 4.65. The number of carbonyl (C=O) groups excluding carboxylic acids is 2. The largest absolute Gasteiger partial charge is 0.469 e. The van der Waals surface area contributed by atoms with Gasteiger partial charge in [-0.15, -0.1) is 0 Å². The summed E-state index contributed by atoms with van der Waals surface area (Å²) in [5, 5.41) is 0. The predicted octanol–water partition coefficient (Wildman–Crippen LogP) is 4.19. The van der Waals surface area contributed by atoms with Crippen molar-refractivity contribution in [1.29, 1.82) is 0 Å². The minimum Gasteiger partial charge on any atom is -0.469 e. The summed E-state index contributed by atoms with van der Waals surface area (Å²) in [6.07, 6.45) is 1.94. The molecule has 0 amide bonds. The van der Waals surface area contributed by atoms with Crippen LogP contribution in [0.4, 0.5) is 0 Å². The Labute approximate surface area is 145 Å². The van der Waals surface area contributed by atoms with Gasteiger partial charge in [0, 0.05) is 12.3 Å². The molecule has 132 valence electrons. The molecule has 0 aliphatic heterocycles. The average molecular weight is 330 g/mol. The number of aryl methyl sites for hydroxylation is 3. The smallest absolute Gasteiger partial charge is 0.309 e. The van der Waals surface area contributed by atoms with Crippen LogP contribution in [-0.4, -0.2) is 18.9 Å². The first-order valence-electron chi connectivity index (χ1n) is 8.91. The van der Waals surface area contributed by atoms with Crippen molar-refractivity contribution in [3.05, 3.63) is 34.4 Å². The Morgan fingerprint density at radius 3 is 2.00 bits per heavy atom. The molecule has 1 aliphatic carbocycles. The summed E-state index contributed by atoms with van der Waals surface area (Å²) in [7, 11) is 1.42. The van der Waals surface area contributed by atoms with Crippen molar-refractivity contribution in [2.75, 3.05) is 7.11 Å². The van der Waals surface area contributed by atoms with Gasteiger partial charge in [-0.2, -0.15) is 0 Å². The molecule has 3 nitrogen and oxygen atoms in total. The number of benzene rings is 1. The van der Waals surface area contributed by atoms with Gasteiger partial charge in [0.15, 0.2) is 0 Å². The van der Waals surface area contributed by atoms with Crippen LogP contribution < -0.4 is 0 Å². The van der Waals surface area contributed by atoms with Crippen molar-refractivity contribution in [2.24, 2.45) is 23.7 Å². The Balaban J connectivity index is 2.24. The average Bonchev–Trinajstić information content (AvgIpc) is 2.52. The summed E-state index contributed by atoms with van der Waals surface area (Å²) in [4.78, 5) is 25.2. The van der Waals surface area contributed by atoms with E-state index in [0.29, 0.717) is 18.3 Å². The van der Waals surface area contributed by atoms with E-state index in [1.54, 1.807) is 0 Å². The van der Waals surface area contributed by atoms with Crippen LogP contribution in [0.15, 0.2) is 12.1 Å². The quantitative estimate of drug-likeness (QED) is 0.777. The zero-order valence-corrected chi connectivity index (χ0v) is 15.8. The molecule has 0 saturated heterocycles. The molecule has 2 unspecified atom stereocenters. The fourth-order valence-corrected chi connectivity index (χ4v) is 4.16. The summed E-state index contributed by atoms with van der Waals surface area (Å²) in [6.45, 7) is 10.5. The molecule has 2 rings (SSSR count). The molecule has 1 fully saturated rings. The number of rotatable bonds is 4. The van der Waals surface area contributed by atoms with E-state index in [4.69, 9.17) is 4.74 Å². The second-order valence-corrected chi connectivity index (χ2v) is 7.68. The summed E-state index contributed by atoms with van der Waals surface area (Å²) < 4.78 is 4.98. The third kappa shape index (κ3) is 3.88. The lowest BCUT2D eigenvalue weighted by Gasteiger charge is -2.36. The molecule has 1 saturated carbocycles. The van der Waals surface area contributed by atoms with E-state index in [2.05, 4.69) is 46.8 Å². The van der Waals surface area contributed by atoms with Gasteiger partial charge in [0.1, 0.15) is 5.78 Å². The summed E-state index contributed by atoms with van der Waals surface area (Å²) >= 11 is 0. The standard InChI is InChI=1S/C21H30O3/c1-12-7-15(4)17(16(5)8-12)11-20(22)18-9-13(2)14(3)10-19(18)21(23)24-6/h7-8,13-14,18-19H,9-11H2,1-6H3/t13?,14?,18-,19-/m0/s1. The zero-order valence-electron chi connectivity index (χ0n) is 15.8. The number of esters is 1. The van der Waals surface area contributed by atoms with Gasteiger partial charge in [0.2, 0.25) is 0 Å². The number of hydrogen-bond donors (Lipinski definition) is 0. The lowest BCUT2D eigenvalue weighted by molar-refractivity contribution is -0.153. The number of ether oxygens (including phenoxy) is 1. The van der Waals surface area contributed by atoms with Gasteiger partial charge in [-0.3, -0.25) is 9.59 Å². The Kier molecular flexibility index (Phi) is 5.84. The van der Waals surface area contributed by atoms with E-state index in [9.17, 15) is 9.59 Å². The van der Waals surface area contributed by atoms with Crippen LogP contribution >= 0.6 is 0 Å². The molecule has 0 aromatic heterocycles. The minimum atomic E-state index is -0.292. The SMILES string of the molecule is COC(=O)[C@H]1CC(C)C(C)C[C@@H]1C(=O)Cc1c(C)cc(C)cc1C. The highest BCUT2D eigenvalue weighted by atomic mass is 16.5. The first kappa shape index (κ1) is 18.7. The highest BCUT2D eigenvalue weighted by Gasteiger charge is 2.41. The molecule has 0 radical (unpaired) electrons. The third-order valence-corrected chi connectivity index (χ3v) is 5.82. The highest BCUT2D eigenvalue weighted by Crippen LogP contribution is 2.39. The fraction of sp³-hybridized carbons (Fsp3) is 0.619. The molecule has 0 heterocycles. The van der Waals surface area contributed by atoms with Gasteiger partial charge in [-0.1, -0.05) is 31.5 Å². The van der Waals surface area contributed by atoms with Crippen LogP contribution in [0.25, 0.3) is 0 Å². The molecular formula is C21H30O3. The number of Topliss-reactive ketones (excluding diaryl/α,β-unsaturated/α-hetero) is 1. The number of carbonyl (C=O) groups is 2. The molecule has 1 aliphatic rings. The van der Waals surface area contributed by atoms with Crippen molar-refractivity contribution in [3.8, 4) is 0 Å². The van der Waals surface area contributed by atoms with E-state index in [1.165, 1.54) is 12.7 Å². The maximum absolute atomic E-state index is 13.0. The van der Waals surface area contributed by atoms with Crippen LogP contribution in [0.1, 0.15) is 48.9 Å². The van der Waals surface area contributed by atoms with E-state index < -0.39 is 0 Å². The third-order valence-electron chi connectivity index (χ3n) is 5.82. The Morgan fingerprint density at radius 2 is 1.50 bits per heavy atom. The summed E-state index contributed by atoms with van der Waals surface area (Å²) in [5.74, 6) is 0.341. The Hall–Kier alpha value is -1.64. The van der Waals surface area contributed by atoms with Crippen LogP contribution in [0.2, 0.25) is 0 Å². The van der Waals surface area contributed by atoms with Gasteiger partial charge < -0.3 is 4.74 Å². The number of methoxy groups -OCH3 is 1. The van der Waals surface area contributed by atoms with E-state index >= 15 is 0 Å². The van der Waals surface area contributed by atoms with Gasteiger partial charge in [0.05, 0.1) is 13.0 Å². The first-order chi connectivity index (χ1) is 11.2. The van der Waals surface area contributed by atoms with Gasteiger partial charge in [0.25, 0.3) is 0 Å². The van der Waals surface area contributed by atoms with Crippen LogP contribution in [0.3, 0.4) is 0 Å². The molecule has 0 spiro atoms. The van der Waals surface area contributed by atoms with Crippen molar-refractivity contribution in [3.63, 3.8) is 0 Å². The highest BCUT2D eigenvalue weighted by molar-refractivity contribution is 5.89. The van der Waals surface area contributed by atoms with Gasteiger partial charge >= 0.3 is 5.97 Å². The maximum atomic E-state index is 13.0. The van der Waals surface area contributed by atoms with Crippen LogP contribution in [0, 0.1) is 44.4 Å². The minimum absolute atomic E-state index is 0.180. The van der Waals surface area contributed by atoms with E-state index in [-0.39, 0.29) is 23.6 Å². The Morgan fingerprint density at radius 1 is 1.00 bits per heavy atom. The van der Waals surface area contributed by atoms with Crippen molar-refractivity contribution >= 4 is 11.8 Å². The van der Waals surface area contributed by atoms with Crippen LogP contribution in [-0.2, 0) is 20.7 Å². The first-order valence-corrected chi connectivity index (χ1v) is 8.91. The molecule has 3 heteroatoms. The monoisotopic (exact) mass is 330 g/mol. The molecule has 4 atom stereocenters. The van der Waals surface area contributed by atoms with Crippen molar-refractivity contribution in [1.82, 2.24) is 0 Å². The Bertz CT molecular complexity index is 609. The lowest BCUT2D eigenvalue weighted by atomic mass is 9.67. The van der Waals surface area contributed by atoms with Gasteiger partial charge in [-0.05, 0) is 62.1 Å². The zero-order chi connectivity index (χ0) is 18.0. The molecular weight excluding hydrogens is 300 g/mol. The number of ketones is 1. The maximum Gasteiger partial charge on any atom is 0.309 e. The predicted molar refractivity (Wildman–Crippen MR) is 95.9 cm³/mol. The normalized spacial score (nSPS) is 26.9. The molecule has 1 aromatic carbocycles. The molecule has 24 heavy (non-hydrogen) atoms. The molecule has 0 bridgehead atoms. The van der Waals surface area contributed by atoms with Crippen LogP contribution in [0.5, 0.6) is 0 Å². The second kappa shape index (κ2) is 7.50. The lowest BCUT2D eigenvalue weighted by Crippen LogP contribution is -2.39. The second-order valence-electron chi connectivity index (χ2n) is 7.68. The van der Waals surface area contributed by atoms with Crippen molar-refractivity contribution in [2.45, 2.75) is 53.9 Å². The van der Waals surface area contributed by atoms with E-state index in [0.717, 1.165) is 29.5 Å². The fourth-order valence-electron chi connectivity index (χ4n) is 4.16. The van der Waals surface area contributed by atoms with Crippen molar-refractivity contribution < 1.29 is 14.3 Å². The van der Waals surface area contributed by atoms with E-state index in [1.807, 2.05) is 0 Å². The molecule has 0 N–H and O–H groups in total. The number of hydrogen-bond acceptors (Lipinski definition) is 3. The van der Waals surface area contributed by atoms with Gasteiger partial charge in [-0.25, -0.2) is 0 Å². The topological polar surface area (TPSA) is 43.4 Å².